The van der Waals surface area contributed by atoms with E-state index in [4.69, 9.17) is 0 Å². The lowest BCUT2D eigenvalue weighted by atomic mass is 10.0. The molecule has 1 saturated heterocycles. The van der Waals surface area contributed by atoms with Gasteiger partial charge in [-0.1, -0.05) is 61.2 Å². The van der Waals surface area contributed by atoms with Crippen LogP contribution in [-0.2, 0) is 11.2 Å². The Morgan fingerprint density at radius 3 is 2.54 bits per heavy atom. The smallest absolute Gasteiger partial charge is 0.406 e. The van der Waals surface area contributed by atoms with Crippen molar-refractivity contribution in [3.63, 3.8) is 0 Å². The van der Waals surface area contributed by atoms with Gasteiger partial charge in [0.15, 0.2) is 11.0 Å². The van der Waals surface area contributed by atoms with Crippen LogP contribution in [0.25, 0.3) is 17.1 Å². The molecule has 0 unspecified atom stereocenters. The third-order valence-electron chi connectivity index (χ3n) is 6.26. The first-order valence-electron chi connectivity index (χ1n) is 12.8. The second-order valence-electron chi connectivity index (χ2n) is 9.07. The van der Waals surface area contributed by atoms with Gasteiger partial charge in [0.1, 0.15) is 12.1 Å². The fraction of sp³-hybridized carbons (Fsp3) is 0.207. The van der Waals surface area contributed by atoms with Crippen molar-refractivity contribution in [1.29, 1.82) is 0 Å². The second-order valence-corrected chi connectivity index (χ2v) is 10.1. The minimum Gasteiger partial charge on any atom is -0.406 e. The first-order valence-corrected chi connectivity index (χ1v) is 13.7. The van der Waals surface area contributed by atoms with E-state index in [0.29, 0.717) is 28.9 Å². The molecule has 0 atom stereocenters. The third-order valence-corrected chi connectivity index (χ3v) is 7.19. The number of hydrogen-bond acceptors (Lipinski definition) is 7. The molecule has 0 bridgehead atoms. The molecule has 1 fully saturated rings. The van der Waals surface area contributed by atoms with Crippen molar-refractivity contribution in [2.24, 2.45) is 10.2 Å². The van der Waals surface area contributed by atoms with E-state index >= 15 is 0 Å². The molecule has 1 aliphatic heterocycles. The van der Waals surface area contributed by atoms with Crippen LogP contribution >= 0.6 is 11.8 Å². The molecule has 3 aromatic carbocycles. The van der Waals surface area contributed by atoms with Gasteiger partial charge in [0, 0.05) is 17.7 Å². The van der Waals surface area contributed by atoms with Crippen molar-refractivity contribution in [3.8, 4) is 22.8 Å². The topological polar surface area (TPSA) is 85.0 Å². The molecular formula is C29H25F3N6O2S. The maximum atomic E-state index is 12.9. The number of aromatic nitrogens is 3. The normalized spacial score (nSPS) is 15.2. The molecule has 210 valence electrons. The van der Waals surface area contributed by atoms with Gasteiger partial charge in [-0.2, -0.15) is 5.10 Å². The van der Waals surface area contributed by atoms with Crippen molar-refractivity contribution >= 4 is 34.7 Å². The molecule has 2 heterocycles. The molecule has 12 heteroatoms. The average molecular weight is 579 g/mol. The number of anilines is 1. The Morgan fingerprint density at radius 2 is 1.83 bits per heavy atom. The zero-order valence-electron chi connectivity index (χ0n) is 22.2. The summed E-state index contributed by atoms with van der Waals surface area (Å²) in [7, 11) is 0. The highest BCUT2D eigenvalue weighted by molar-refractivity contribution is 8.14. The first-order chi connectivity index (χ1) is 19.7. The minimum atomic E-state index is -4.75. The van der Waals surface area contributed by atoms with E-state index < -0.39 is 6.36 Å². The molecular weight excluding hydrogens is 553 g/mol. The number of aryl methyl sites for hydroxylation is 2. The Hall–Kier alpha value is -4.45. The number of amidine groups is 1. The Balaban J connectivity index is 1.29. The van der Waals surface area contributed by atoms with Crippen molar-refractivity contribution < 1.29 is 22.7 Å². The average Bonchev–Trinajstić information content (AvgIpc) is 3.44. The third kappa shape index (κ3) is 6.65. The predicted molar refractivity (Wildman–Crippen MR) is 154 cm³/mol. The van der Waals surface area contributed by atoms with Gasteiger partial charge in [-0.05, 0) is 54.3 Å². The largest absolute Gasteiger partial charge is 0.573 e. The molecule has 41 heavy (non-hydrogen) atoms. The number of hydrogen-bond donors (Lipinski definition) is 0. The quantitative estimate of drug-likeness (QED) is 0.183. The number of amides is 1. The number of benzene rings is 3. The number of alkyl halides is 3. The Kier molecular flexibility index (Phi) is 8.20. The van der Waals surface area contributed by atoms with Gasteiger partial charge in [0.25, 0.3) is 0 Å². The summed E-state index contributed by atoms with van der Waals surface area (Å²) in [5.74, 6) is 0.786. The van der Waals surface area contributed by atoms with Gasteiger partial charge in [-0.15, -0.1) is 23.4 Å². The van der Waals surface area contributed by atoms with Crippen LogP contribution < -0.4 is 9.64 Å². The van der Waals surface area contributed by atoms with Crippen molar-refractivity contribution in [2.45, 2.75) is 33.1 Å². The number of para-hydroxylation sites is 1. The van der Waals surface area contributed by atoms with E-state index in [1.165, 1.54) is 47.0 Å². The summed E-state index contributed by atoms with van der Waals surface area (Å²) in [6.07, 6.45) is -0.421. The first kappa shape index (κ1) is 28.1. The fourth-order valence-corrected chi connectivity index (χ4v) is 5.20. The number of rotatable bonds is 7. The summed E-state index contributed by atoms with van der Waals surface area (Å²) in [5.41, 5.74) is 5.04. The van der Waals surface area contributed by atoms with Gasteiger partial charge < -0.3 is 4.74 Å². The van der Waals surface area contributed by atoms with E-state index in [0.717, 1.165) is 34.4 Å². The Morgan fingerprint density at radius 1 is 1.07 bits per heavy atom. The molecule has 5 rings (SSSR count). The number of halogens is 3. The van der Waals surface area contributed by atoms with Gasteiger partial charge in [-0.25, -0.2) is 9.67 Å². The van der Waals surface area contributed by atoms with E-state index in [1.54, 1.807) is 11.1 Å². The van der Waals surface area contributed by atoms with Gasteiger partial charge >= 0.3 is 6.36 Å². The highest BCUT2D eigenvalue weighted by atomic mass is 32.2. The maximum Gasteiger partial charge on any atom is 0.573 e. The SMILES string of the molecule is CCc1cccc(C)c1N1C(=O)CCSC1=NN=Cc1ccc(-c2ncn(-c3ccc(OC(F)(F)F)cc3)n2)cc1. The van der Waals surface area contributed by atoms with E-state index in [1.807, 2.05) is 49.4 Å². The number of nitrogens with zero attached hydrogens (tertiary/aromatic N) is 6. The van der Waals surface area contributed by atoms with Crippen molar-refractivity contribution in [3.05, 3.63) is 89.7 Å². The summed E-state index contributed by atoms with van der Waals surface area (Å²) in [5, 5.41) is 13.6. The van der Waals surface area contributed by atoms with E-state index in [-0.39, 0.29) is 11.7 Å². The molecule has 0 radical (unpaired) electrons. The van der Waals surface area contributed by atoms with Gasteiger partial charge in [-0.3, -0.25) is 9.69 Å². The summed E-state index contributed by atoms with van der Waals surface area (Å²) in [6, 6.07) is 18.7. The molecule has 0 spiro atoms. The second kappa shape index (κ2) is 12.0. The predicted octanol–water partition coefficient (Wildman–Crippen LogP) is 6.56. The van der Waals surface area contributed by atoms with E-state index in [2.05, 4.69) is 31.9 Å². The van der Waals surface area contributed by atoms with Crippen LogP contribution in [0.3, 0.4) is 0 Å². The lowest BCUT2D eigenvalue weighted by Gasteiger charge is -2.30. The standard InChI is InChI=1S/C29H25F3N6O2S/c1-3-21-6-4-5-19(2)26(21)38-25(39)15-16-41-28(38)35-34-17-20-7-9-22(10-8-20)27-33-18-37(36-27)23-11-13-24(14-12-23)40-29(30,31)32/h4-14,17-18H,3,15-16H2,1-2H3. The van der Waals surface area contributed by atoms with Crippen LogP contribution in [0.4, 0.5) is 18.9 Å². The van der Waals surface area contributed by atoms with Crippen LogP contribution in [-0.4, -0.2) is 44.2 Å². The molecule has 1 aromatic heterocycles. The maximum absolute atomic E-state index is 12.9. The van der Waals surface area contributed by atoms with Crippen molar-refractivity contribution in [1.82, 2.24) is 14.8 Å². The summed E-state index contributed by atoms with van der Waals surface area (Å²) in [6.45, 7) is 4.05. The number of carbonyl (C=O) groups excluding carboxylic acids is 1. The van der Waals surface area contributed by atoms with Crippen LogP contribution in [0.15, 0.2) is 83.3 Å². The summed E-state index contributed by atoms with van der Waals surface area (Å²) >= 11 is 1.50. The lowest BCUT2D eigenvalue weighted by Crippen LogP contribution is -2.40. The van der Waals surface area contributed by atoms with Gasteiger partial charge in [0.05, 0.1) is 17.6 Å². The monoisotopic (exact) mass is 578 g/mol. The molecule has 4 aromatic rings. The summed E-state index contributed by atoms with van der Waals surface area (Å²) in [4.78, 5) is 18.9. The Labute approximate surface area is 238 Å². The molecule has 1 amide bonds. The number of thioether (sulfide) groups is 1. The van der Waals surface area contributed by atoms with Crippen molar-refractivity contribution in [2.75, 3.05) is 10.7 Å². The minimum absolute atomic E-state index is 0.00331. The molecule has 0 N–H and O–H groups in total. The Bertz CT molecular complexity index is 1600. The zero-order chi connectivity index (χ0) is 29.0. The number of ether oxygens (including phenoxy) is 1. The van der Waals surface area contributed by atoms with Crippen LogP contribution in [0, 0.1) is 6.92 Å². The zero-order valence-corrected chi connectivity index (χ0v) is 23.0. The molecule has 1 aliphatic rings. The number of carbonyl (C=O) groups is 1. The lowest BCUT2D eigenvalue weighted by molar-refractivity contribution is -0.274. The molecule has 0 aliphatic carbocycles. The van der Waals surface area contributed by atoms with E-state index in [9.17, 15) is 18.0 Å². The highest BCUT2D eigenvalue weighted by Gasteiger charge is 2.31. The fourth-order valence-electron chi connectivity index (χ4n) is 4.32. The van der Waals surface area contributed by atoms with Gasteiger partial charge in [0.2, 0.25) is 5.91 Å². The van der Waals surface area contributed by atoms with Crippen LogP contribution in [0.2, 0.25) is 0 Å². The molecule has 8 nitrogen and oxygen atoms in total. The summed E-state index contributed by atoms with van der Waals surface area (Å²) < 4.78 is 42.5. The highest BCUT2D eigenvalue weighted by Crippen LogP contribution is 2.32. The molecule has 0 saturated carbocycles. The van der Waals surface area contributed by atoms with Crippen LogP contribution in [0.1, 0.15) is 30.0 Å². The van der Waals surface area contributed by atoms with Crippen LogP contribution in [0.5, 0.6) is 5.75 Å².